The second-order valence-corrected chi connectivity index (χ2v) is 7.58. The zero-order valence-corrected chi connectivity index (χ0v) is 16.0. The number of terminal acetylenes is 1. The van der Waals surface area contributed by atoms with Gasteiger partial charge in [0.05, 0.1) is 15.7 Å². The summed E-state index contributed by atoms with van der Waals surface area (Å²) in [6.07, 6.45) is 5.26. The zero-order chi connectivity index (χ0) is 19.5. The molecule has 2 amide bonds. The fraction of sp³-hybridized carbons (Fsp3) is 0.0500. The molecule has 0 bridgehead atoms. The number of hydrogen-bond acceptors (Lipinski definition) is 5. The highest BCUT2D eigenvalue weighted by molar-refractivity contribution is 7.16. The highest BCUT2D eigenvalue weighted by Crippen LogP contribution is 2.29. The number of halogens is 1. The predicted molar refractivity (Wildman–Crippen MR) is 111 cm³/mol. The van der Waals surface area contributed by atoms with E-state index in [9.17, 15) is 9.18 Å². The van der Waals surface area contributed by atoms with Crippen molar-refractivity contribution in [1.82, 2.24) is 15.3 Å². The Labute approximate surface area is 168 Å². The summed E-state index contributed by atoms with van der Waals surface area (Å²) < 4.78 is 15.2. The first-order chi connectivity index (χ1) is 13.6. The quantitative estimate of drug-likeness (QED) is 0.474. The summed E-state index contributed by atoms with van der Waals surface area (Å²) in [6, 6.07) is 10.2. The molecule has 28 heavy (non-hydrogen) atoms. The average molecular weight is 408 g/mol. The van der Waals surface area contributed by atoms with Crippen molar-refractivity contribution in [2.24, 2.45) is 0 Å². The number of fused-ring (bicyclic) bond motifs is 1. The average Bonchev–Trinajstić information content (AvgIpc) is 3.35. The Morgan fingerprint density at radius 3 is 2.79 bits per heavy atom. The van der Waals surface area contributed by atoms with E-state index in [0.29, 0.717) is 22.9 Å². The van der Waals surface area contributed by atoms with Crippen molar-refractivity contribution in [3.8, 4) is 23.5 Å². The maximum absolute atomic E-state index is 14.4. The van der Waals surface area contributed by atoms with E-state index in [2.05, 4.69) is 26.5 Å². The summed E-state index contributed by atoms with van der Waals surface area (Å²) in [6.45, 7) is 0.325. The molecule has 4 rings (SSSR count). The first kappa shape index (κ1) is 18.1. The topological polar surface area (TPSA) is 66.9 Å². The summed E-state index contributed by atoms with van der Waals surface area (Å²) in [5, 5.41) is 7.56. The second-order valence-electron chi connectivity index (χ2n) is 5.84. The van der Waals surface area contributed by atoms with Gasteiger partial charge >= 0.3 is 6.03 Å². The fourth-order valence-corrected chi connectivity index (χ4v) is 3.88. The van der Waals surface area contributed by atoms with Crippen molar-refractivity contribution < 1.29 is 9.18 Å². The molecule has 0 atom stereocenters. The molecule has 0 unspecified atom stereocenters. The summed E-state index contributed by atoms with van der Waals surface area (Å²) in [7, 11) is 0. The number of rotatable bonds is 4. The molecule has 2 heterocycles. The number of urea groups is 1. The van der Waals surface area contributed by atoms with Gasteiger partial charge in [0.2, 0.25) is 0 Å². The summed E-state index contributed by atoms with van der Waals surface area (Å²) >= 11 is 2.69. The van der Waals surface area contributed by atoms with Gasteiger partial charge in [-0.3, -0.25) is 5.32 Å². The number of carbonyl (C=O) groups is 1. The number of thiazole rings is 2. The Balaban J connectivity index is 1.40. The van der Waals surface area contributed by atoms with Crippen molar-refractivity contribution >= 4 is 44.7 Å². The van der Waals surface area contributed by atoms with Gasteiger partial charge in [-0.1, -0.05) is 24.3 Å². The van der Waals surface area contributed by atoms with E-state index in [-0.39, 0.29) is 11.8 Å². The van der Waals surface area contributed by atoms with E-state index in [4.69, 9.17) is 6.42 Å². The molecule has 2 aromatic heterocycles. The van der Waals surface area contributed by atoms with E-state index < -0.39 is 0 Å². The van der Waals surface area contributed by atoms with Crippen LogP contribution in [0, 0.1) is 18.2 Å². The van der Waals surface area contributed by atoms with Crippen LogP contribution in [0.3, 0.4) is 0 Å². The van der Waals surface area contributed by atoms with E-state index in [0.717, 1.165) is 21.3 Å². The maximum Gasteiger partial charge on any atom is 0.320 e. The van der Waals surface area contributed by atoms with Crippen LogP contribution in [0.2, 0.25) is 0 Å². The molecule has 0 saturated heterocycles. The molecular weight excluding hydrogens is 395 g/mol. The smallest absolute Gasteiger partial charge is 0.320 e. The van der Waals surface area contributed by atoms with Crippen molar-refractivity contribution in [1.29, 1.82) is 0 Å². The highest BCUT2D eigenvalue weighted by Gasteiger charge is 2.10. The summed E-state index contributed by atoms with van der Waals surface area (Å²) in [5.74, 6) is 2.55. The number of benzene rings is 2. The number of hydrogen-bond donors (Lipinski definition) is 2. The van der Waals surface area contributed by atoms with Gasteiger partial charge in [-0.25, -0.2) is 19.2 Å². The van der Waals surface area contributed by atoms with Crippen LogP contribution in [0.4, 0.5) is 15.0 Å². The molecule has 0 fully saturated rings. The summed E-state index contributed by atoms with van der Waals surface area (Å²) in [4.78, 5) is 20.3. The first-order valence-corrected chi connectivity index (χ1v) is 9.97. The lowest BCUT2D eigenvalue weighted by Gasteiger charge is -2.08. The van der Waals surface area contributed by atoms with Crippen LogP contribution in [0.15, 0.2) is 47.3 Å². The molecule has 5 nitrogen and oxygen atoms in total. The highest BCUT2D eigenvalue weighted by atomic mass is 32.1. The van der Waals surface area contributed by atoms with Crippen LogP contribution in [0.25, 0.3) is 21.3 Å². The van der Waals surface area contributed by atoms with Crippen LogP contribution >= 0.6 is 22.7 Å². The summed E-state index contributed by atoms with van der Waals surface area (Å²) in [5.41, 5.74) is 4.62. The minimum atomic E-state index is -0.377. The minimum Gasteiger partial charge on any atom is -0.334 e. The standard InChI is InChI=1S/C20H13FN4OS2/c1-2-19-24-18(10-27-19)25-20(26)22-9-12-3-5-13(6-4-12)14-7-16-17(8-15(14)21)28-11-23-16/h1,3-8,10-11H,9H2,(H2,22,25,26). The van der Waals surface area contributed by atoms with Crippen molar-refractivity contribution in [2.45, 2.75) is 6.54 Å². The molecule has 0 aliphatic heterocycles. The molecule has 0 radical (unpaired) electrons. The molecule has 0 aliphatic carbocycles. The Morgan fingerprint density at radius 1 is 1.21 bits per heavy atom. The van der Waals surface area contributed by atoms with Gasteiger partial charge in [0.25, 0.3) is 0 Å². The SMILES string of the molecule is C#Cc1nc(NC(=O)NCc2ccc(-c3cc4ncsc4cc3F)cc2)cs1. The Bertz CT molecular complexity index is 1190. The van der Waals surface area contributed by atoms with Gasteiger partial charge in [-0.05, 0) is 29.2 Å². The van der Waals surface area contributed by atoms with Crippen LogP contribution < -0.4 is 10.6 Å². The Morgan fingerprint density at radius 2 is 2.04 bits per heavy atom. The lowest BCUT2D eigenvalue weighted by atomic mass is 10.0. The number of aromatic nitrogens is 2. The monoisotopic (exact) mass is 408 g/mol. The van der Waals surface area contributed by atoms with Crippen LogP contribution in [0.5, 0.6) is 0 Å². The minimum absolute atomic E-state index is 0.281. The lowest BCUT2D eigenvalue weighted by Crippen LogP contribution is -2.28. The van der Waals surface area contributed by atoms with Gasteiger partial charge in [0.1, 0.15) is 11.6 Å². The van der Waals surface area contributed by atoms with Crippen LogP contribution in [-0.4, -0.2) is 16.0 Å². The molecule has 8 heteroatoms. The molecule has 0 saturated carbocycles. The number of amides is 2. The lowest BCUT2D eigenvalue weighted by molar-refractivity contribution is 0.251. The van der Waals surface area contributed by atoms with Gasteiger partial charge in [0, 0.05) is 17.5 Å². The third-order valence-electron chi connectivity index (χ3n) is 4.01. The Hall–Kier alpha value is -3.28. The molecule has 0 spiro atoms. The van der Waals surface area contributed by atoms with E-state index in [1.165, 1.54) is 28.7 Å². The maximum atomic E-state index is 14.4. The van der Waals surface area contributed by atoms with Crippen molar-refractivity contribution in [3.63, 3.8) is 0 Å². The van der Waals surface area contributed by atoms with Crippen molar-refractivity contribution in [3.05, 3.63) is 63.7 Å². The normalized spacial score (nSPS) is 10.6. The van der Waals surface area contributed by atoms with Gasteiger partial charge in [-0.15, -0.1) is 29.1 Å². The predicted octanol–water partition coefficient (Wildman–Crippen LogP) is 4.86. The van der Waals surface area contributed by atoms with Crippen LogP contribution in [0.1, 0.15) is 10.6 Å². The van der Waals surface area contributed by atoms with Gasteiger partial charge < -0.3 is 5.32 Å². The van der Waals surface area contributed by atoms with E-state index >= 15 is 0 Å². The molecular formula is C20H13FN4OS2. The van der Waals surface area contributed by atoms with E-state index in [1.807, 2.05) is 24.3 Å². The van der Waals surface area contributed by atoms with E-state index in [1.54, 1.807) is 17.0 Å². The largest absolute Gasteiger partial charge is 0.334 e. The van der Waals surface area contributed by atoms with Gasteiger partial charge in [-0.2, -0.15) is 0 Å². The number of carbonyl (C=O) groups excluding carboxylic acids is 1. The molecule has 2 N–H and O–H groups in total. The van der Waals surface area contributed by atoms with Crippen LogP contribution in [-0.2, 0) is 6.54 Å². The second kappa shape index (κ2) is 7.76. The number of nitrogens with zero attached hydrogens (tertiary/aromatic N) is 2. The number of nitrogens with one attached hydrogen (secondary N) is 2. The molecule has 4 aromatic rings. The number of anilines is 1. The Kier molecular flexibility index (Phi) is 5.02. The fourth-order valence-electron chi connectivity index (χ4n) is 2.64. The molecule has 0 aliphatic rings. The third-order valence-corrected chi connectivity index (χ3v) is 5.57. The first-order valence-electron chi connectivity index (χ1n) is 8.21. The van der Waals surface area contributed by atoms with Crippen molar-refractivity contribution in [2.75, 3.05) is 5.32 Å². The molecule has 2 aromatic carbocycles. The molecule has 138 valence electrons. The van der Waals surface area contributed by atoms with Gasteiger partial charge in [0.15, 0.2) is 5.01 Å². The third kappa shape index (κ3) is 3.86. The zero-order valence-electron chi connectivity index (χ0n) is 14.4.